The minimum atomic E-state index is -0.311. The number of hydrogen-bond acceptors (Lipinski definition) is 4. The monoisotopic (exact) mass is 354 g/mol. The van der Waals surface area contributed by atoms with Crippen molar-refractivity contribution in [1.29, 1.82) is 0 Å². The molecular formula is C21H26N2O3. The molecule has 0 bridgehead atoms. The van der Waals surface area contributed by atoms with Crippen molar-refractivity contribution in [1.82, 2.24) is 10.2 Å². The quantitative estimate of drug-likeness (QED) is 0.445. The van der Waals surface area contributed by atoms with Crippen LogP contribution in [0.1, 0.15) is 44.6 Å². The molecule has 138 valence electrons. The standard InChI is InChI=1S/C21H26N2O3/c1-6-15(12-16(7-2)21(24)26-5)19-13-20(23-22-19)18-10-8-17(9-11-18)14(3)25-4/h6,8-14H,7H2,1-5H3,(H,22,23)/b15-6+,16-12+. The number of carbonyl (C=O) groups excluding carboxylic acids is 1. The summed E-state index contributed by atoms with van der Waals surface area (Å²) >= 11 is 0. The Morgan fingerprint density at radius 2 is 1.96 bits per heavy atom. The third-order valence-corrected chi connectivity index (χ3v) is 4.39. The number of aromatic nitrogens is 2. The topological polar surface area (TPSA) is 64.2 Å². The van der Waals surface area contributed by atoms with E-state index in [0.29, 0.717) is 12.0 Å². The summed E-state index contributed by atoms with van der Waals surface area (Å²) in [6, 6.07) is 10.1. The zero-order valence-corrected chi connectivity index (χ0v) is 16.0. The summed E-state index contributed by atoms with van der Waals surface area (Å²) in [6.45, 7) is 5.87. The Morgan fingerprint density at radius 1 is 1.27 bits per heavy atom. The Balaban J connectivity index is 2.27. The number of carbonyl (C=O) groups is 1. The highest BCUT2D eigenvalue weighted by molar-refractivity contribution is 5.92. The molecule has 1 aromatic carbocycles. The van der Waals surface area contributed by atoms with Crippen molar-refractivity contribution < 1.29 is 14.3 Å². The average Bonchev–Trinajstić information content (AvgIpc) is 3.17. The van der Waals surface area contributed by atoms with Gasteiger partial charge < -0.3 is 9.47 Å². The van der Waals surface area contributed by atoms with Gasteiger partial charge in [-0.05, 0) is 43.5 Å². The van der Waals surface area contributed by atoms with Crippen LogP contribution >= 0.6 is 0 Å². The predicted octanol–water partition coefficient (Wildman–Crippen LogP) is 4.70. The van der Waals surface area contributed by atoms with Crippen LogP contribution in [0.2, 0.25) is 0 Å². The van der Waals surface area contributed by atoms with E-state index in [-0.39, 0.29) is 12.1 Å². The first kappa shape index (κ1) is 19.7. The van der Waals surface area contributed by atoms with Crippen molar-refractivity contribution in [3.8, 4) is 11.3 Å². The number of nitrogens with zero attached hydrogens (tertiary/aromatic N) is 1. The number of methoxy groups -OCH3 is 2. The molecule has 1 N–H and O–H groups in total. The third kappa shape index (κ3) is 4.49. The van der Waals surface area contributed by atoms with Gasteiger partial charge in [0.05, 0.1) is 24.6 Å². The summed E-state index contributed by atoms with van der Waals surface area (Å²) in [6.07, 6.45) is 4.44. The molecule has 0 saturated carbocycles. The lowest BCUT2D eigenvalue weighted by molar-refractivity contribution is -0.136. The van der Waals surface area contributed by atoms with Gasteiger partial charge >= 0.3 is 5.97 Å². The molecule has 0 aliphatic rings. The Labute approximate surface area is 154 Å². The molecule has 0 aliphatic heterocycles. The molecule has 1 aromatic heterocycles. The second-order valence-electron chi connectivity index (χ2n) is 5.93. The van der Waals surface area contributed by atoms with E-state index in [4.69, 9.17) is 9.47 Å². The fourth-order valence-electron chi connectivity index (χ4n) is 2.62. The summed E-state index contributed by atoms with van der Waals surface area (Å²) in [5, 5.41) is 7.46. The first-order chi connectivity index (χ1) is 12.5. The molecule has 1 heterocycles. The van der Waals surface area contributed by atoms with E-state index < -0.39 is 0 Å². The van der Waals surface area contributed by atoms with Crippen molar-refractivity contribution in [3.05, 3.63) is 59.3 Å². The fraction of sp³-hybridized carbons (Fsp3) is 0.333. The second kappa shape index (κ2) is 9.15. The zero-order valence-electron chi connectivity index (χ0n) is 16.0. The lowest BCUT2D eigenvalue weighted by Gasteiger charge is -2.09. The number of esters is 1. The van der Waals surface area contributed by atoms with Gasteiger partial charge in [0.15, 0.2) is 0 Å². The maximum atomic E-state index is 11.8. The maximum absolute atomic E-state index is 11.8. The van der Waals surface area contributed by atoms with Crippen molar-refractivity contribution in [3.63, 3.8) is 0 Å². The Kier molecular flexibility index (Phi) is 6.92. The molecule has 2 aromatic rings. The van der Waals surface area contributed by atoms with Gasteiger partial charge in [0, 0.05) is 18.2 Å². The van der Waals surface area contributed by atoms with Gasteiger partial charge in [0.1, 0.15) is 0 Å². The van der Waals surface area contributed by atoms with E-state index in [1.165, 1.54) is 7.11 Å². The SMILES string of the molecule is C/C=C(\C=C(/CC)C(=O)OC)c1cc(-c2ccc(C(C)OC)cc2)n[nH]1. The largest absolute Gasteiger partial charge is 0.466 e. The fourth-order valence-corrected chi connectivity index (χ4v) is 2.62. The molecule has 0 spiro atoms. The molecule has 1 unspecified atom stereocenters. The smallest absolute Gasteiger partial charge is 0.333 e. The van der Waals surface area contributed by atoms with Gasteiger partial charge in [0.2, 0.25) is 0 Å². The number of nitrogens with one attached hydrogen (secondary N) is 1. The first-order valence-electron chi connectivity index (χ1n) is 8.68. The Morgan fingerprint density at radius 3 is 2.50 bits per heavy atom. The van der Waals surface area contributed by atoms with Crippen LogP contribution < -0.4 is 0 Å². The molecule has 2 rings (SSSR count). The van der Waals surface area contributed by atoms with Crippen LogP contribution in [0.5, 0.6) is 0 Å². The minimum absolute atomic E-state index is 0.0596. The van der Waals surface area contributed by atoms with Crippen LogP contribution in [-0.2, 0) is 14.3 Å². The van der Waals surface area contributed by atoms with E-state index >= 15 is 0 Å². The number of rotatable bonds is 7. The van der Waals surface area contributed by atoms with Gasteiger partial charge in [-0.3, -0.25) is 5.10 Å². The highest BCUT2D eigenvalue weighted by Gasteiger charge is 2.11. The lowest BCUT2D eigenvalue weighted by atomic mass is 10.0. The molecule has 0 fully saturated rings. The third-order valence-electron chi connectivity index (χ3n) is 4.39. The van der Waals surface area contributed by atoms with Gasteiger partial charge in [-0.25, -0.2) is 4.79 Å². The van der Waals surface area contributed by atoms with Crippen LogP contribution in [0.4, 0.5) is 0 Å². The van der Waals surface area contributed by atoms with Crippen molar-refractivity contribution >= 4 is 11.5 Å². The van der Waals surface area contributed by atoms with E-state index in [0.717, 1.165) is 28.1 Å². The summed E-state index contributed by atoms with van der Waals surface area (Å²) in [4.78, 5) is 11.8. The number of allylic oxidation sites excluding steroid dienone is 3. The average molecular weight is 354 g/mol. The number of hydrogen-bond donors (Lipinski definition) is 1. The normalized spacial score (nSPS) is 13.6. The van der Waals surface area contributed by atoms with E-state index in [1.54, 1.807) is 7.11 Å². The first-order valence-corrected chi connectivity index (χ1v) is 8.68. The van der Waals surface area contributed by atoms with Crippen LogP contribution in [0.25, 0.3) is 16.8 Å². The Hall–Kier alpha value is -2.66. The highest BCUT2D eigenvalue weighted by atomic mass is 16.5. The maximum Gasteiger partial charge on any atom is 0.333 e. The van der Waals surface area contributed by atoms with Gasteiger partial charge in [0.25, 0.3) is 0 Å². The molecule has 0 saturated heterocycles. The van der Waals surface area contributed by atoms with Gasteiger partial charge in [-0.15, -0.1) is 0 Å². The van der Waals surface area contributed by atoms with Crippen LogP contribution in [0.3, 0.4) is 0 Å². The summed E-state index contributed by atoms with van der Waals surface area (Å²) in [7, 11) is 3.09. The van der Waals surface area contributed by atoms with Crippen molar-refractivity contribution in [2.75, 3.05) is 14.2 Å². The van der Waals surface area contributed by atoms with Gasteiger partial charge in [-0.1, -0.05) is 37.3 Å². The summed E-state index contributed by atoms with van der Waals surface area (Å²) in [5.41, 5.74) is 5.36. The molecule has 26 heavy (non-hydrogen) atoms. The Bertz CT molecular complexity index is 801. The number of H-pyrrole nitrogens is 1. The van der Waals surface area contributed by atoms with Crippen molar-refractivity contribution in [2.45, 2.75) is 33.3 Å². The molecule has 1 atom stereocenters. The molecule has 0 amide bonds. The highest BCUT2D eigenvalue weighted by Crippen LogP contribution is 2.25. The molecule has 0 aliphatic carbocycles. The minimum Gasteiger partial charge on any atom is -0.466 e. The zero-order chi connectivity index (χ0) is 19.1. The summed E-state index contributed by atoms with van der Waals surface area (Å²) in [5.74, 6) is -0.311. The van der Waals surface area contributed by atoms with E-state index in [9.17, 15) is 4.79 Å². The molecular weight excluding hydrogens is 328 g/mol. The summed E-state index contributed by atoms with van der Waals surface area (Å²) < 4.78 is 10.2. The van der Waals surface area contributed by atoms with Crippen LogP contribution in [0, 0.1) is 0 Å². The number of ether oxygens (including phenoxy) is 2. The number of benzene rings is 1. The predicted molar refractivity (Wildman–Crippen MR) is 103 cm³/mol. The molecule has 5 nitrogen and oxygen atoms in total. The van der Waals surface area contributed by atoms with E-state index in [1.807, 2.05) is 63.3 Å². The lowest BCUT2D eigenvalue weighted by Crippen LogP contribution is -2.04. The number of aromatic amines is 1. The van der Waals surface area contributed by atoms with Gasteiger partial charge in [-0.2, -0.15) is 5.10 Å². The van der Waals surface area contributed by atoms with Crippen LogP contribution in [0.15, 0.2) is 48.1 Å². The van der Waals surface area contributed by atoms with E-state index in [2.05, 4.69) is 10.2 Å². The van der Waals surface area contributed by atoms with Crippen LogP contribution in [-0.4, -0.2) is 30.4 Å². The second-order valence-corrected chi connectivity index (χ2v) is 5.93. The molecule has 0 radical (unpaired) electrons. The van der Waals surface area contributed by atoms with Crippen molar-refractivity contribution in [2.24, 2.45) is 0 Å². The molecule has 5 heteroatoms.